The number of halogens is 3. The smallest absolute Gasteiger partial charge is 0.492 e. The number of benzene rings is 2. The quantitative estimate of drug-likeness (QED) is 0.753. The Hall–Kier alpha value is -0.269. The summed E-state index contributed by atoms with van der Waals surface area (Å²) in [5.41, 5.74) is 1.19. The number of aryl methyl sites for hydroxylation is 1. The molecule has 0 aliphatic carbocycles. The zero-order valence-electron chi connectivity index (χ0n) is 11.4. The van der Waals surface area contributed by atoms with Crippen LogP contribution in [0.2, 0.25) is 0 Å². The Morgan fingerprint density at radius 2 is 1.55 bits per heavy atom. The van der Waals surface area contributed by atoms with Crippen LogP contribution in [0.4, 0.5) is 12.9 Å². The first kappa shape index (κ1) is 17.8. The Labute approximate surface area is 159 Å². The van der Waals surface area contributed by atoms with Gasteiger partial charge in [-0.05, 0) is 24.1 Å². The molecule has 20 heavy (non-hydrogen) atoms. The van der Waals surface area contributed by atoms with E-state index in [-0.39, 0.29) is 63.7 Å². The van der Waals surface area contributed by atoms with Crippen molar-refractivity contribution >= 4 is 12.4 Å². The van der Waals surface area contributed by atoms with Crippen molar-refractivity contribution in [2.24, 2.45) is 0 Å². The molecule has 1 nitrogen and oxygen atoms in total. The number of rotatable bonds is 4. The van der Waals surface area contributed by atoms with Gasteiger partial charge in [0.1, 0.15) is 6.61 Å². The van der Waals surface area contributed by atoms with Crippen LogP contribution in [-0.2, 0) is 6.61 Å². The van der Waals surface area contributed by atoms with Crippen LogP contribution in [0, 0.1) is 6.92 Å². The van der Waals surface area contributed by atoms with E-state index in [4.69, 9.17) is 4.74 Å². The van der Waals surface area contributed by atoms with Gasteiger partial charge in [0.15, 0.2) is 0 Å². The second kappa shape index (κ2) is 7.66. The Morgan fingerprint density at radius 3 is 2.20 bits per heavy atom. The molecular formula is C14H13BF3KO. The minimum atomic E-state index is -5.05. The van der Waals surface area contributed by atoms with Gasteiger partial charge in [-0.15, -0.1) is 0 Å². The van der Waals surface area contributed by atoms with Gasteiger partial charge in [-0.3, -0.25) is 0 Å². The number of para-hydroxylation sites is 1. The number of hydrogen-bond acceptors (Lipinski definition) is 1. The van der Waals surface area contributed by atoms with Crippen molar-refractivity contribution in [1.29, 1.82) is 0 Å². The summed E-state index contributed by atoms with van der Waals surface area (Å²) >= 11 is 0. The molecule has 100 valence electrons. The summed E-state index contributed by atoms with van der Waals surface area (Å²) in [6.07, 6.45) is 0. The molecule has 2 rings (SSSR count). The van der Waals surface area contributed by atoms with E-state index in [9.17, 15) is 12.9 Å². The minimum Gasteiger partial charge on any atom is -0.492 e. The van der Waals surface area contributed by atoms with Crippen molar-refractivity contribution < 1.29 is 69.1 Å². The molecule has 0 aliphatic heterocycles. The molecule has 0 radical (unpaired) electrons. The first-order valence-corrected chi connectivity index (χ1v) is 5.94. The predicted octanol–water partition coefficient (Wildman–Crippen LogP) is 0.632. The third kappa shape index (κ3) is 4.63. The van der Waals surface area contributed by atoms with Crippen LogP contribution in [0.1, 0.15) is 11.1 Å². The van der Waals surface area contributed by atoms with Crippen molar-refractivity contribution in [3.63, 3.8) is 0 Å². The first-order chi connectivity index (χ1) is 8.98. The summed E-state index contributed by atoms with van der Waals surface area (Å²) in [5, 5.41) is 0. The second-order valence-electron chi connectivity index (χ2n) is 4.33. The minimum absolute atomic E-state index is 0. The van der Waals surface area contributed by atoms with Crippen molar-refractivity contribution in [3.8, 4) is 5.75 Å². The van der Waals surface area contributed by atoms with Crippen LogP contribution in [0.25, 0.3) is 0 Å². The monoisotopic (exact) mass is 304 g/mol. The van der Waals surface area contributed by atoms with Gasteiger partial charge in [-0.25, -0.2) is 0 Å². The third-order valence-electron chi connectivity index (χ3n) is 2.92. The molecular weight excluding hydrogens is 291 g/mol. The van der Waals surface area contributed by atoms with Gasteiger partial charge >= 0.3 is 58.4 Å². The Bertz CT molecular complexity index is 572. The summed E-state index contributed by atoms with van der Waals surface area (Å²) in [7, 11) is 0. The van der Waals surface area contributed by atoms with Crippen molar-refractivity contribution in [1.82, 2.24) is 0 Å². The molecule has 0 N–H and O–H groups in total. The van der Waals surface area contributed by atoms with Gasteiger partial charge in [0, 0.05) is 0 Å². The Kier molecular flexibility index (Phi) is 6.81. The fourth-order valence-electron chi connectivity index (χ4n) is 1.81. The Morgan fingerprint density at radius 1 is 0.950 bits per heavy atom. The van der Waals surface area contributed by atoms with Crippen LogP contribution < -0.4 is 61.6 Å². The van der Waals surface area contributed by atoms with Crippen molar-refractivity contribution in [3.05, 3.63) is 59.7 Å². The molecule has 0 aliphatic rings. The normalized spacial score (nSPS) is 10.8. The average molecular weight is 304 g/mol. The van der Waals surface area contributed by atoms with Crippen molar-refractivity contribution in [2.45, 2.75) is 13.5 Å². The molecule has 0 aromatic heterocycles. The molecule has 0 saturated heterocycles. The van der Waals surface area contributed by atoms with Crippen molar-refractivity contribution in [2.75, 3.05) is 0 Å². The fourth-order valence-corrected chi connectivity index (χ4v) is 1.81. The molecule has 0 unspecified atom stereocenters. The van der Waals surface area contributed by atoms with E-state index in [0.29, 0.717) is 0 Å². The van der Waals surface area contributed by atoms with E-state index in [1.807, 2.05) is 31.2 Å². The van der Waals surface area contributed by atoms with E-state index in [1.165, 1.54) is 12.1 Å². The van der Waals surface area contributed by atoms with Crippen LogP contribution in [0.3, 0.4) is 0 Å². The van der Waals surface area contributed by atoms with Gasteiger partial charge in [0.05, 0.1) is 5.75 Å². The van der Waals surface area contributed by atoms with Crippen LogP contribution in [0.5, 0.6) is 5.75 Å². The molecule has 0 spiro atoms. The summed E-state index contributed by atoms with van der Waals surface area (Å²) < 4.78 is 43.8. The van der Waals surface area contributed by atoms with Gasteiger partial charge in [-0.1, -0.05) is 47.9 Å². The van der Waals surface area contributed by atoms with Gasteiger partial charge in [-0.2, -0.15) is 0 Å². The predicted molar refractivity (Wildman–Crippen MR) is 70.7 cm³/mol. The summed E-state index contributed by atoms with van der Waals surface area (Å²) in [6, 6.07) is 12.8. The largest absolute Gasteiger partial charge is 1.00 e. The zero-order chi connectivity index (χ0) is 13.9. The summed E-state index contributed by atoms with van der Waals surface area (Å²) in [4.78, 5) is 0. The number of ether oxygens (including phenoxy) is 1. The molecule has 0 atom stereocenters. The van der Waals surface area contributed by atoms with E-state index in [0.717, 1.165) is 17.2 Å². The van der Waals surface area contributed by atoms with Crippen LogP contribution in [-0.4, -0.2) is 6.98 Å². The SMILES string of the molecule is Cc1ccccc1COc1ccccc1[B-](F)(F)F.[K+]. The topological polar surface area (TPSA) is 9.23 Å². The maximum atomic E-state index is 12.8. The summed E-state index contributed by atoms with van der Waals surface area (Å²) in [6.45, 7) is -3.02. The van der Waals surface area contributed by atoms with Gasteiger partial charge < -0.3 is 17.7 Å². The fraction of sp³-hybridized carbons (Fsp3) is 0.143. The molecule has 2 aromatic rings. The molecule has 6 heteroatoms. The first-order valence-electron chi connectivity index (χ1n) is 5.94. The average Bonchev–Trinajstić information content (AvgIpc) is 2.37. The van der Waals surface area contributed by atoms with E-state index < -0.39 is 12.4 Å². The van der Waals surface area contributed by atoms with Gasteiger partial charge in [0.25, 0.3) is 0 Å². The Balaban J connectivity index is 0.00000200. The molecule has 0 saturated carbocycles. The van der Waals surface area contributed by atoms with E-state index >= 15 is 0 Å². The zero-order valence-corrected chi connectivity index (χ0v) is 14.6. The molecule has 0 amide bonds. The maximum absolute atomic E-state index is 12.8. The molecule has 2 aromatic carbocycles. The molecule has 0 heterocycles. The maximum Gasteiger partial charge on any atom is 1.00 e. The van der Waals surface area contributed by atoms with Crippen LogP contribution >= 0.6 is 0 Å². The van der Waals surface area contributed by atoms with Gasteiger partial charge in [0.2, 0.25) is 0 Å². The molecule has 0 fully saturated rings. The number of hydrogen-bond donors (Lipinski definition) is 0. The second-order valence-corrected chi connectivity index (χ2v) is 4.33. The standard InChI is InChI=1S/C14H13BF3O.K/c1-11-6-2-3-7-12(11)10-19-14-9-5-4-8-13(14)15(16,17)18;/h2-9H,10H2,1H3;/q-1;+1. The van der Waals surface area contributed by atoms with E-state index in [1.54, 1.807) is 6.07 Å². The third-order valence-corrected chi connectivity index (χ3v) is 2.92. The van der Waals surface area contributed by atoms with Crippen LogP contribution in [0.15, 0.2) is 48.5 Å². The summed E-state index contributed by atoms with van der Waals surface area (Å²) in [5.74, 6) is -0.113. The molecule has 0 bridgehead atoms. The van der Waals surface area contributed by atoms with E-state index in [2.05, 4.69) is 0 Å².